The van der Waals surface area contributed by atoms with Crippen LogP contribution in [0.15, 0.2) is 42.6 Å². The van der Waals surface area contributed by atoms with Gasteiger partial charge in [-0.05, 0) is 18.2 Å². The third-order valence-corrected chi connectivity index (χ3v) is 2.17. The van der Waals surface area contributed by atoms with Crippen molar-refractivity contribution < 1.29 is 9.53 Å². The molecule has 0 aliphatic heterocycles. The molecule has 0 fully saturated rings. The Hall–Kier alpha value is -1.94. The highest BCUT2D eigenvalue weighted by Crippen LogP contribution is 2.07. The normalized spacial score (nSPS) is 10.3. The molecule has 0 aliphatic carbocycles. The molecule has 16 heavy (non-hydrogen) atoms. The van der Waals surface area contributed by atoms with Gasteiger partial charge in [0, 0.05) is 13.3 Å². The molecule has 0 unspecified atom stereocenters. The van der Waals surface area contributed by atoms with Crippen molar-refractivity contribution in [2.45, 2.75) is 0 Å². The second-order valence-corrected chi connectivity index (χ2v) is 3.34. The fourth-order valence-electron chi connectivity index (χ4n) is 1.40. The summed E-state index contributed by atoms with van der Waals surface area (Å²) in [5, 5.41) is 4.19. The second kappa shape index (κ2) is 4.72. The molecule has 0 atom stereocenters. The number of hydrogen-bond acceptors (Lipinski definition) is 3. The zero-order valence-corrected chi connectivity index (χ0v) is 8.96. The number of nitrogens with zero attached hydrogens (tertiary/aromatic N) is 2. The summed E-state index contributed by atoms with van der Waals surface area (Å²) in [7, 11) is 1.49. The van der Waals surface area contributed by atoms with Crippen molar-refractivity contribution in [1.82, 2.24) is 9.78 Å². The maximum atomic E-state index is 11.5. The predicted octanol–water partition coefficient (Wildman–Crippen LogP) is 1.70. The number of methoxy groups -OCH3 is 1. The molecule has 0 spiro atoms. The topological polar surface area (TPSA) is 44.1 Å². The summed E-state index contributed by atoms with van der Waals surface area (Å²) >= 11 is 0. The number of Topliss-reactive ketones (excluding diaryl/α,β-unsaturated/α-hetero) is 1. The Morgan fingerprint density at radius 2 is 2.06 bits per heavy atom. The maximum Gasteiger partial charge on any atom is 0.208 e. The summed E-state index contributed by atoms with van der Waals surface area (Å²) in [6, 6.07) is 11.3. The number of hydrogen-bond donors (Lipinski definition) is 0. The molecule has 0 aliphatic rings. The largest absolute Gasteiger partial charge is 0.376 e. The van der Waals surface area contributed by atoms with Gasteiger partial charge in [0.1, 0.15) is 12.3 Å². The number of benzene rings is 1. The van der Waals surface area contributed by atoms with E-state index in [-0.39, 0.29) is 12.4 Å². The quantitative estimate of drug-likeness (QED) is 0.731. The first-order valence-corrected chi connectivity index (χ1v) is 4.94. The Balaban J connectivity index is 2.23. The number of para-hydroxylation sites is 1. The van der Waals surface area contributed by atoms with E-state index in [2.05, 4.69) is 5.10 Å². The highest BCUT2D eigenvalue weighted by atomic mass is 16.5. The maximum absolute atomic E-state index is 11.5. The van der Waals surface area contributed by atoms with Crippen LogP contribution in [0.2, 0.25) is 0 Å². The molecule has 0 saturated heterocycles. The van der Waals surface area contributed by atoms with Gasteiger partial charge < -0.3 is 4.74 Å². The van der Waals surface area contributed by atoms with Gasteiger partial charge in [-0.1, -0.05) is 18.2 Å². The van der Waals surface area contributed by atoms with Crippen LogP contribution in [-0.4, -0.2) is 29.3 Å². The van der Waals surface area contributed by atoms with E-state index in [0.717, 1.165) is 5.69 Å². The lowest BCUT2D eigenvalue weighted by Gasteiger charge is -1.99. The number of aromatic nitrogens is 2. The summed E-state index contributed by atoms with van der Waals surface area (Å²) in [5.41, 5.74) is 1.35. The molecular formula is C12H12N2O2. The van der Waals surface area contributed by atoms with Gasteiger partial charge in [0.2, 0.25) is 5.78 Å². The highest BCUT2D eigenvalue weighted by Gasteiger charge is 2.09. The molecule has 2 aromatic rings. The van der Waals surface area contributed by atoms with Gasteiger partial charge in [-0.3, -0.25) is 4.79 Å². The number of ether oxygens (including phenoxy) is 1. The monoisotopic (exact) mass is 216 g/mol. The van der Waals surface area contributed by atoms with Gasteiger partial charge in [-0.2, -0.15) is 5.10 Å². The van der Waals surface area contributed by atoms with E-state index in [4.69, 9.17) is 4.74 Å². The smallest absolute Gasteiger partial charge is 0.208 e. The SMILES string of the molecule is COCC(=O)c1ccn(-c2ccccc2)n1. The van der Waals surface area contributed by atoms with Gasteiger partial charge in [0.05, 0.1) is 5.69 Å². The first-order valence-electron chi connectivity index (χ1n) is 4.94. The number of carbonyl (C=O) groups excluding carboxylic acids is 1. The summed E-state index contributed by atoms with van der Waals surface area (Å²) < 4.78 is 6.44. The van der Waals surface area contributed by atoms with Gasteiger partial charge in [0.15, 0.2) is 0 Å². The van der Waals surface area contributed by atoms with Crippen molar-refractivity contribution >= 4 is 5.78 Å². The molecule has 1 aromatic carbocycles. The molecule has 0 bridgehead atoms. The van der Waals surface area contributed by atoms with E-state index in [1.54, 1.807) is 16.9 Å². The lowest BCUT2D eigenvalue weighted by molar-refractivity contribution is 0.0842. The molecule has 2 rings (SSSR count). The zero-order chi connectivity index (χ0) is 11.4. The van der Waals surface area contributed by atoms with Crippen LogP contribution in [-0.2, 0) is 4.74 Å². The predicted molar refractivity (Wildman–Crippen MR) is 59.8 cm³/mol. The first kappa shape index (κ1) is 10.6. The molecule has 0 N–H and O–H groups in total. The van der Waals surface area contributed by atoms with Crippen LogP contribution in [0.4, 0.5) is 0 Å². The highest BCUT2D eigenvalue weighted by molar-refractivity contribution is 5.95. The van der Waals surface area contributed by atoms with E-state index < -0.39 is 0 Å². The van der Waals surface area contributed by atoms with Gasteiger partial charge in [-0.15, -0.1) is 0 Å². The molecular weight excluding hydrogens is 204 g/mol. The van der Waals surface area contributed by atoms with E-state index in [1.807, 2.05) is 30.3 Å². The van der Waals surface area contributed by atoms with Crippen molar-refractivity contribution in [2.75, 3.05) is 13.7 Å². The van der Waals surface area contributed by atoms with Crippen LogP contribution in [0.5, 0.6) is 0 Å². The first-order chi connectivity index (χ1) is 7.81. The number of rotatable bonds is 4. The van der Waals surface area contributed by atoms with Gasteiger partial charge >= 0.3 is 0 Å². The zero-order valence-electron chi connectivity index (χ0n) is 8.96. The van der Waals surface area contributed by atoms with E-state index in [1.165, 1.54) is 7.11 Å². The van der Waals surface area contributed by atoms with Crippen LogP contribution in [0.25, 0.3) is 5.69 Å². The Kier molecular flexibility index (Phi) is 3.12. The minimum atomic E-state index is -0.114. The average molecular weight is 216 g/mol. The molecule has 4 heteroatoms. The second-order valence-electron chi connectivity index (χ2n) is 3.34. The van der Waals surface area contributed by atoms with Crippen LogP contribution in [0.3, 0.4) is 0 Å². The van der Waals surface area contributed by atoms with Crippen molar-refractivity contribution in [3.63, 3.8) is 0 Å². The lowest BCUT2D eigenvalue weighted by atomic mass is 10.3. The Morgan fingerprint density at radius 1 is 1.31 bits per heavy atom. The molecule has 1 aromatic heterocycles. The molecule has 0 amide bonds. The van der Waals surface area contributed by atoms with Crippen LogP contribution in [0.1, 0.15) is 10.5 Å². The van der Waals surface area contributed by atoms with Crippen molar-refractivity contribution in [3.05, 3.63) is 48.3 Å². The fraction of sp³-hybridized carbons (Fsp3) is 0.167. The molecule has 1 heterocycles. The standard InChI is InChI=1S/C12H12N2O2/c1-16-9-12(15)11-7-8-14(13-11)10-5-3-2-4-6-10/h2-8H,9H2,1H3. The van der Waals surface area contributed by atoms with Crippen LogP contribution < -0.4 is 0 Å². The minimum Gasteiger partial charge on any atom is -0.376 e. The molecule has 0 saturated carbocycles. The van der Waals surface area contributed by atoms with Crippen molar-refractivity contribution in [2.24, 2.45) is 0 Å². The fourth-order valence-corrected chi connectivity index (χ4v) is 1.40. The van der Waals surface area contributed by atoms with E-state index in [0.29, 0.717) is 5.69 Å². The molecule has 4 nitrogen and oxygen atoms in total. The molecule has 0 radical (unpaired) electrons. The van der Waals surface area contributed by atoms with Crippen molar-refractivity contribution in [1.29, 1.82) is 0 Å². The Morgan fingerprint density at radius 3 is 2.75 bits per heavy atom. The number of carbonyl (C=O) groups is 1. The van der Waals surface area contributed by atoms with E-state index in [9.17, 15) is 4.79 Å². The third-order valence-electron chi connectivity index (χ3n) is 2.17. The van der Waals surface area contributed by atoms with Gasteiger partial charge in [-0.25, -0.2) is 4.68 Å². The van der Waals surface area contributed by atoms with E-state index >= 15 is 0 Å². The van der Waals surface area contributed by atoms with Crippen LogP contribution in [0, 0.1) is 0 Å². The Bertz CT molecular complexity index is 477. The summed E-state index contributed by atoms with van der Waals surface area (Å²) in [4.78, 5) is 11.5. The number of ketones is 1. The van der Waals surface area contributed by atoms with Gasteiger partial charge in [0.25, 0.3) is 0 Å². The van der Waals surface area contributed by atoms with Crippen LogP contribution >= 0.6 is 0 Å². The summed E-state index contributed by atoms with van der Waals surface area (Å²) in [6.45, 7) is 0.0613. The van der Waals surface area contributed by atoms with Crippen molar-refractivity contribution in [3.8, 4) is 5.69 Å². The average Bonchev–Trinajstić information content (AvgIpc) is 2.80. The Labute approximate surface area is 93.5 Å². The third kappa shape index (κ3) is 2.17. The minimum absolute atomic E-state index is 0.0613. The molecule has 82 valence electrons. The lowest BCUT2D eigenvalue weighted by Crippen LogP contribution is -2.08. The summed E-state index contributed by atoms with van der Waals surface area (Å²) in [6.07, 6.45) is 1.76. The summed E-state index contributed by atoms with van der Waals surface area (Å²) in [5.74, 6) is -0.114.